The fourth-order valence-electron chi connectivity index (χ4n) is 2.96. The van der Waals surface area contributed by atoms with Gasteiger partial charge in [0.25, 0.3) is 0 Å². The zero-order valence-electron chi connectivity index (χ0n) is 9.86. The average Bonchev–Trinajstić information content (AvgIpc) is 2.76. The summed E-state index contributed by atoms with van der Waals surface area (Å²) in [5.41, 5.74) is 4.95. The van der Waals surface area contributed by atoms with Crippen molar-refractivity contribution in [1.29, 1.82) is 0 Å². The lowest BCUT2D eigenvalue weighted by Crippen LogP contribution is -2.14. The first-order valence-corrected chi connectivity index (χ1v) is 6.12. The van der Waals surface area contributed by atoms with Gasteiger partial charge in [-0.05, 0) is 48.3 Å². The van der Waals surface area contributed by atoms with Crippen LogP contribution in [0.5, 0.6) is 0 Å². The first kappa shape index (κ1) is 9.88. The van der Waals surface area contributed by atoms with Gasteiger partial charge in [-0.15, -0.1) is 0 Å². The summed E-state index contributed by atoms with van der Waals surface area (Å²) in [5, 5.41) is 0. The summed E-state index contributed by atoms with van der Waals surface area (Å²) >= 11 is 0. The molecule has 1 aromatic carbocycles. The van der Waals surface area contributed by atoms with Crippen LogP contribution < -0.4 is 0 Å². The smallest absolute Gasteiger partial charge is 0.181 e. The highest BCUT2D eigenvalue weighted by atomic mass is 16.3. The van der Waals surface area contributed by atoms with E-state index in [2.05, 4.69) is 31.0 Å². The van der Waals surface area contributed by atoms with E-state index in [-0.39, 0.29) is 0 Å². The van der Waals surface area contributed by atoms with E-state index in [4.69, 9.17) is 4.42 Å². The lowest BCUT2D eigenvalue weighted by atomic mass is 9.77. The number of benzene rings is 1. The van der Waals surface area contributed by atoms with E-state index in [9.17, 15) is 0 Å². The number of aryl methyl sites for hydroxylation is 1. The third kappa shape index (κ3) is 1.36. The SMILES string of the molecule is CC(C)C1CCCc2c1ccc1ocnc21. The quantitative estimate of drug-likeness (QED) is 0.721. The van der Waals surface area contributed by atoms with Gasteiger partial charge in [0, 0.05) is 0 Å². The molecule has 2 nitrogen and oxygen atoms in total. The van der Waals surface area contributed by atoms with Crippen LogP contribution in [0.15, 0.2) is 22.9 Å². The molecule has 0 bridgehead atoms. The van der Waals surface area contributed by atoms with Gasteiger partial charge in [-0.2, -0.15) is 0 Å². The molecule has 0 saturated heterocycles. The Kier molecular flexibility index (Phi) is 2.23. The summed E-state index contributed by atoms with van der Waals surface area (Å²) in [7, 11) is 0. The van der Waals surface area contributed by atoms with Crippen LogP contribution in [0, 0.1) is 5.92 Å². The molecule has 16 heavy (non-hydrogen) atoms. The highest BCUT2D eigenvalue weighted by Crippen LogP contribution is 2.39. The van der Waals surface area contributed by atoms with Gasteiger partial charge in [0.2, 0.25) is 0 Å². The number of hydrogen-bond acceptors (Lipinski definition) is 2. The second-order valence-electron chi connectivity index (χ2n) is 5.08. The van der Waals surface area contributed by atoms with Crippen LogP contribution in [-0.2, 0) is 6.42 Å². The van der Waals surface area contributed by atoms with Gasteiger partial charge >= 0.3 is 0 Å². The summed E-state index contributed by atoms with van der Waals surface area (Å²) in [5.74, 6) is 1.41. The predicted octanol–water partition coefficient (Wildman–Crippen LogP) is 3.90. The molecule has 0 radical (unpaired) electrons. The van der Waals surface area contributed by atoms with Crippen LogP contribution in [0.25, 0.3) is 11.1 Å². The molecule has 0 N–H and O–H groups in total. The van der Waals surface area contributed by atoms with E-state index in [0.29, 0.717) is 11.8 Å². The third-order valence-corrected chi connectivity index (χ3v) is 3.79. The van der Waals surface area contributed by atoms with E-state index >= 15 is 0 Å². The molecule has 1 aliphatic carbocycles. The highest BCUT2D eigenvalue weighted by Gasteiger charge is 2.25. The Hall–Kier alpha value is -1.31. The number of aromatic nitrogens is 1. The van der Waals surface area contributed by atoms with Gasteiger partial charge in [0.05, 0.1) is 0 Å². The number of hydrogen-bond donors (Lipinski definition) is 0. The molecule has 1 aromatic heterocycles. The van der Waals surface area contributed by atoms with Crippen LogP contribution in [0.3, 0.4) is 0 Å². The number of oxazole rings is 1. The van der Waals surface area contributed by atoms with Crippen LogP contribution in [0.4, 0.5) is 0 Å². The lowest BCUT2D eigenvalue weighted by Gasteiger charge is -2.28. The number of rotatable bonds is 1. The van der Waals surface area contributed by atoms with Crippen molar-refractivity contribution in [3.8, 4) is 0 Å². The molecular weight excluding hydrogens is 198 g/mol. The van der Waals surface area contributed by atoms with Crippen molar-refractivity contribution in [2.24, 2.45) is 5.92 Å². The Labute approximate surface area is 95.7 Å². The second-order valence-corrected chi connectivity index (χ2v) is 5.08. The molecule has 0 saturated carbocycles. The Morgan fingerprint density at radius 3 is 3.06 bits per heavy atom. The molecule has 0 fully saturated rings. The van der Waals surface area contributed by atoms with Crippen molar-refractivity contribution in [3.05, 3.63) is 29.7 Å². The molecule has 0 aliphatic heterocycles. The van der Waals surface area contributed by atoms with E-state index in [1.54, 1.807) is 6.39 Å². The van der Waals surface area contributed by atoms with Crippen LogP contribution in [0.1, 0.15) is 43.7 Å². The molecule has 1 aliphatic rings. The van der Waals surface area contributed by atoms with E-state index in [0.717, 1.165) is 17.5 Å². The monoisotopic (exact) mass is 215 g/mol. The molecule has 2 aromatic rings. The molecular formula is C14H17NO. The molecule has 1 atom stereocenters. The van der Waals surface area contributed by atoms with E-state index in [1.807, 2.05) is 0 Å². The largest absolute Gasteiger partial charge is 0.443 e. The minimum Gasteiger partial charge on any atom is -0.443 e. The molecule has 1 unspecified atom stereocenters. The van der Waals surface area contributed by atoms with Crippen molar-refractivity contribution < 1.29 is 4.42 Å². The van der Waals surface area contributed by atoms with Gasteiger partial charge < -0.3 is 4.42 Å². The number of fused-ring (bicyclic) bond motifs is 3. The molecule has 2 heteroatoms. The summed E-state index contributed by atoms with van der Waals surface area (Å²) in [6.45, 7) is 4.62. The van der Waals surface area contributed by atoms with Gasteiger partial charge in [0.15, 0.2) is 12.0 Å². The minimum atomic E-state index is 0.699. The first-order valence-electron chi connectivity index (χ1n) is 6.12. The minimum absolute atomic E-state index is 0.699. The zero-order chi connectivity index (χ0) is 11.1. The normalized spacial score (nSPS) is 20.3. The molecule has 0 spiro atoms. The van der Waals surface area contributed by atoms with Crippen molar-refractivity contribution in [2.45, 2.75) is 39.0 Å². The van der Waals surface area contributed by atoms with Gasteiger partial charge in [-0.1, -0.05) is 19.9 Å². The van der Waals surface area contributed by atoms with Gasteiger partial charge in [-0.3, -0.25) is 0 Å². The zero-order valence-corrected chi connectivity index (χ0v) is 9.86. The molecule has 84 valence electrons. The van der Waals surface area contributed by atoms with Crippen LogP contribution in [0.2, 0.25) is 0 Å². The number of nitrogens with zero attached hydrogens (tertiary/aromatic N) is 1. The van der Waals surface area contributed by atoms with Crippen molar-refractivity contribution in [3.63, 3.8) is 0 Å². The van der Waals surface area contributed by atoms with Crippen LogP contribution in [-0.4, -0.2) is 4.98 Å². The Bertz CT molecular complexity index is 512. The Morgan fingerprint density at radius 2 is 2.25 bits per heavy atom. The summed E-state index contributed by atoms with van der Waals surface area (Å²) in [6.07, 6.45) is 5.31. The van der Waals surface area contributed by atoms with Crippen molar-refractivity contribution in [1.82, 2.24) is 4.98 Å². The van der Waals surface area contributed by atoms with Crippen molar-refractivity contribution in [2.75, 3.05) is 0 Å². The Morgan fingerprint density at radius 1 is 1.38 bits per heavy atom. The summed E-state index contributed by atoms with van der Waals surface area (Å²) < 4.78 is 5.37. The maximum Gasteiger partial charge on any atom is 0.181 e. The van der Waals surface area contributed by atoms with Gasteiger partial charge in [0.1, 0.15) is 5.52 Å². The predicted molar refractivity (Wildman–Crippen MR) is 64.5 cm³/mol. The molecule has 3 rings (SSSR count). The molecule has 1 heterocycles. The third-order valence-electron chi connectivity index (χ3n) is 3.79. The highest BCUT2D eigenvalue weighted by molar-refractivity contribution is 5.78. The standard InChI is InChI=1S/C14H17NO/c1-9(2)10-4-3-5-12-11(10)6-7-13-14(12)15-8-16-13/h6-10H,3-5H2,1-2H3. The lowest BCUT2D eigenvalue weighted by molar-refractivity contribution is 0.434. The van der Waals surface area contributed by atoms with E-state index in [1.165, 1.54) is 24.0 Å². The second kappa shape index (κ2) is 3.62. The fourth-order valence-corrected chi connectivity index (χ4v) is 2.96. The van der Waals surface area contributed by atoms with Gasteiger partial charge in [-0.25, -0.2) is 4.98 Å². The summed E-state index contributed by atoms with van der Waals surface area (Å²) in [6, 6.07) is 4.31. The Balaban J connectivity index is 2.21. The first-order chi connectivity index (χ1) is 7.77. The maximum atomic E-state index is 5.37. The topological polar surface area (TPSA) is 26.0 Å². The summed E-state index contributed by atoms with van der Waals surface area (Å²) in [4.78, 5) is 4.36. The average molecular weight is 215 g/mol. The maximum absolute atomic E-state index is 5.37. The van der Waals surface area contributed by atoms with E-state index < -0.39 is 0 Å². The van der Waals surface area contributed by atoms with Crippen molar-refractivity contribution >= 4 is 11.1 Å². The molecule has 0 amide bonds. The van der Waals surface area contributed by atoms with Crippen LogP contribution >= 0.6 is 0 Å². The fraction of sp³-hybridized carbons (Fsp3) is 0.500.